The van der Waals surface area contributed by atoms with Crippen molar-refractivity contribution in [1.82, 2.24) is 10.2 Å². The molecule has 0 aromatic heterocycles. The minimum absolute atomic E-state index is 0.228. The van der Waals surface area contributed by atoms with Crippen LogP contribution < -0.4 is 5.32 Å². The molecule has 0 radical (unpaired) electrons. The summed E-state index contributed by atoms with van der Waals surface area (Å²) in [7, 11) is 0. The molecule has 1 unspecified atom stereocenters. The summed E-state index contributed by atoms with van der Waals surface area (Å²) in [6.45, 7) is 7.17. The Hall–Kier alpha value is -1.26. The highest BCUT2D eigenvalue weighted by atomic mass is 16.4. The number of carboxylic acids is 1. The van der Waals surface area contributed by atoms with Crippen LogP contribution in [0.3, 0.4) is 0 Å². The Labute approximate surface area is 114 Å². The monoisotopic (exact) mass is 268 g/mol. The predicted octanol–water partition coefficient (Wildman–Crippen LogP) is 2.07. The first-order valence-corrected chi connectivity index (χ1v) is 7.03. The number of likely N-dealkylation sites (tertiary alicyclic amines) is 1. The lowest BCUT2D eigenvalue weighted by Gasteiger charge is -2.43. The molecule has 2 N–H and O–H groups in total. The lowest BCUT2D eigenvalue weighted by atomic mass is 9.76. The summed E-state index contributed by atoms with van der Waals surface area (Å²) in [4.78, 5) is 25.2. The number of nitrogens with zero attached hydrogens (tertiary/aromatic N) is 1. The standard InChI is InChI=1S/C14H24N2O3/c1-13(2)5-4-8-16(10(13)11(17)18)12(19)15-9-14(3)6-7-14/h10H,4-9H2,1-3H3,(H,15,19)(H,17,18). The number of rotatable bonds is 3. The van der Waals surface area contributed by atoms with Gasteiger partial charge in [0.1, 0.15) is 6.04 Å². The van der Waals surface area contributed by atoms with Gasteiger partial charge in [-0.15, -0.1) is 0 Å². The van der Waals surface area contributed by atoms with Crippen LogP contribution in [-0.2, 0) is 4.79 Å². The average Bonchev–Trinajstić information content (AvgIpc) is 3.02. The number of hydrogen-bond donors (Lipinski definition) is 2. The number of carboxylic acid groups (broad SMARTS) is 1. The molecule has 5 heteroatoms. The van der Waals surface area contributed by atoms with Crippen molar-refractivity contribution in [3.05, 3.63) is 0 Å². The van der Waals surface area contributed by atoms with E-state index in [9.17, 15) is 14.7 Å². The minimum atomic E-state index is -0.905. The maximum absolute atomic E-state index is 12.2. The summed E-state index contributed by atoms with van der Waals surface area (Å²) in [6, 6.07) is -0.957. The van der Waals surface area contributed by atoms with Crippen LogP contribution in [0.2, 0.25) is 0 Å². The summed E-state index contributed by atoms with van der Waals surface area (Å²) in [5.41, 5.74) is -0.134. The Bertz CT molecular complexity index is 388. The molecule has 1 atom stereocenters. The molecule has 0 aromatic rings. The van der Waals surface area contributed by atoms with Crippen molar-refractivity contribution in [2.75, 3.05) is 13.1 Å². The summed E-state index contributed by atoms with van der Waals surface area (Å²) in [5.74, 6) is -0.905. The Morgan fingerprint density at radius 3 is 2.42 bits per heavy atom. The molecule has 1 saturated carbocycles. The van der Waals surface area contributed by atoms with Gasteiger partial charge in [-0.25, -0.2) is 9.59 Å². The molecular weight excluding hydrogens is 244 g/mol. The van der Waals surface area contributed by atoms with Crippen molar-refractivity contribution in [2.24, 2.45) is 10.8 Å². The van der Waals surface area contributed by atoms with Crippen LogP contribution >= 0.6 is 0 Å². The fraction of sp³-hybridized carbons (Fsp3) is 0.857. The molecule has 0 spiro atoms. The van der Waals surface area contributed by atoms with Crippen molar-refractivity contribution >= 4 is 12.0 Å². The Morgan fingerprint density at radius 1 is 1.26 bits per heavy atom. The van der Waals surface area contributed by atoms with E-state index in [1.165, 1.54) is 4.90 Å². The first-order valence-electron chi connectivity index (χ1n) is 7.03. The largest absolute Gasteiger partial charge is 0.480 e. The van der Waals surface area contributed by atoms with Gasteiger partial charge in [0, 0.05) is 13.1 Å². The number of amides is 2. The second-order valence-electron chi connectivity index (χ2n) is 7.00. The number of carbonyl (C=O) groups is 2. The SMILES string of the molecule is CC1(CNC(=O)N2CCCC(C)(C)C2C(=O)O)CC1. The van der Waals surface area contributed by atoms with E-state index in [1.54, 1.807) is 0 Å². The number of urea groups is 1. The summed E-state index contributed by atoms with van der Waals surface area (Å²) < 4.78 is 0. The molecule has 1 aliphatic carbocycles. The second-order valence-corrected chi connectivity index (χ2v) is 7.00. The highest BCUT2D eigenvalue weighted by Gasteiger charge is 2.45. The molecule has 2 amide bonds. The van der Waals surface area contributed by atoms with Gasteiger partial charge in [-0.3, -0.25) is 0 Å². The van der Waals surface area contributed by atoms with E-state index >= 15 is 0 Å². The van der Waals surface area contributed by atoms with Crippen LogP contribution in [0, 0.1) is 10.8 Å². The lowest BCUT2D eigenvalue weighted by Crippen LogP contribution is -2.59. The van der Waals surface area contributed by atoms with Crippen LogP contribution in [0.4, 0.5) is 4.79 Å². The van der Waals surface area contributed by atoms with Gasteiger partial charge in [-0.1, -0.05) is 20.8 Å². The molecule has 0 aromatic carbocycles. The van der Waals surface area contributed by atoms with Crippen molar-refractivity contribution < 1.29 is 14.7 Å². The van der Waals surface area contributed by atoms with Crippen LogP contribution in [0.1, 0.15) is 46.5 Å². The Morgan fingerprint density at radius 2 is 1.89 bits per heavy atom. The molecule has 19 heavy (non-hydrogen) atoms. The third kappa shape index (κ3) is 3.01. The predicted molar refractivity (Wildman–Crippen MR) is 71.9 cm³/mol. The van der Waals surface area contributed by atoms with Crippen LogP contribution in [-0.4, -0.2) is 41.1 Å². The smallest absolute Gasteiger partial charge is 0.327 e. The molecule has 2 fully saturated rings. The first kappa shape index (κ1) is 14.2. The normalized spacial score (nSPS) is 27.7. The summed E-state index contributed by atoms with van der Waals surface area (Å²) >= 11 is 0. The van der Waals surface area contributed by atoms with Gasteiger partial charge < -0.3 is 15.3 Å². The van der Waals surface area contributed by atoms with E-state index in [2.05, 4.69) is 12.2 Å². The maximum atomic E-state index is 12.2. The zero-order valence-corrected chi connectivity index (χ0v) is 12.0. The van der Waals surface area contributed by atoms with Crippen molar-refractivity contribution in [1.29, 1.82) is 0 Å². The van der Waals surface area contributed by atoms with Crippen molar-refractivity contribution in [3.63, 3.8) is 0 Å². The van der Waals surface area contributed by atoms with Gasteiger partial charge in [0.2, 0.25) is 0 Å². The second kappa shape index (κ2) is 4.69. The molecule has 2 rings (SSSR count). The zero-order valence-electron chi connectivity index (χ0n) is 12.0. The number of hydrogen-bond acceptors (Lipinski definition) is 2. The Kier molecular flexibility index (Phi) is 3.49. The van der Waals surface area contributed by atoms with Gasteiger partial charge in [0.05, 0.1) is 0 Å². The molecular formula is C14H24N2O3. The Balaban J connectivity index is 2.03. The summed E-state index contributed by atoms with van der Waals surface area (Å²) in [6.07, 6.45) is 3.98. The minimum Gasteiger partial charge on any atom is -0.480 e. The third-order valence-corrected chi connectivity index (χ3v) is 4.54. The lowest BCUT2D eigenvalue weighted by molar-refractivity contribution is -0.148. The van der Waals surface area contributed by atoms with E-state index in [-0.39, 0.29) is 16.9 Å². The molecule has 1 aliphatic heterocycles. The maximum Gasteiger partial charge on any atom is 0.327 e. The molecule has 1 saturated heterocycles. The van der Waals surface area contributed by atoms with Gasteiger partial charge >= 0.3 is 12.0 Å². The van der Waals surface area contributed by atoms with E-state index in [4.69, 9.17) is 0 Å². The van der Waals surface area contributed by atoms with Crippen molar-refractivity contribution in [2.45, 2.75) is 52.5 Å². The molecule has 2 aliphatic rings. The van der Waals surface area contributed by atoms with Gasteiger partial charge in [0.15, 0.2) is 0 Å². The van der Waals surface area contributed by atoms with Gasteiger partial charge in [0.25, 0.3) is 0 Å². The molecule has 5 nitrogen and oxygen atoms in total. The van der Waals surface area contributed by atoms with E-state index in [1.807, 2.05) is 13.8 Å². The summed E-state index contributed by atoms with van der Waals surface area (Å²) in [5, 5.41) is 12.3. The topological polar surface area (TPSA) is 69.6 Å². The van der Waals surface area contributed by atoms with Crippen molar-refractivity contribution in [3.8, 4) is 0 Å². The fourth-order valence-corrected chi connectivity index (χ4v) is 2.86. The van der Waals surface area contributed by atoms with Gasteiger partial charge in [-0.2, -0.15) is 0 Å². The molecule has 108 valence electrons. The number of nitrogens with one attached hydrogen (secondary N) is 1. The van der Waals surface area contributed by atoms with Crippen LogP contribution in [0.5, 0.6) is 0 Å². The quantitative estimate of drug-likeness (QED) is 0.823. The highest BCUT2D eigenvalue weighted by molar-refractivity contribution is 5.83. The zero-order chi connectivity index (χ0) is 14.3. The van der Waals surface area contributed by atoms with E-state index < -0.39 is 12.0 Å². The number of piperidine rings is 1. The van der Waals surface area contributed by atoms with E-state index in [0.717, 1.165) is 25.7 Å². The van der Waals surface area contributed by atoms with Gasteiger partial charge in [-0.05, 0) is 36.5 Å². The van der Waals surface area contributed by atoms with Crippen LogP contribution in [0.15, 0.2) is 0 Å². The number of carbonyl (C=O) groups excluding carboxylic acids is 1. The average molecular weight is 268 g/mol. The number of aliphatic carboxylic acids is 1. The van der Waals surface area contributed by atoms with E-state index in [0.29, 0.717) is 13.1 Å². The molecule has 0 bridgehead atoms. The third-order valence-electron chi connectivity index (χ3n) is 4.54. The highest BCUT2D eigenvalue weighted by Crippen LogP contribution is 2.44. The first-order chi connectivity index (χ1) is 8.75. The molecule has 1 heterocycles. The fourth-order valence-electron chi connectivity index (χ4n) is 2.86. The van der Waals surface area contributed by atoms with Crippen LogP contribution in [0.25, 0.3) is 0 Å².